The molecule has 7 heteroatoms. The van der Waals surface area contributed by atoms with E-state index in [2.05, 4.69) is 15.0 Å². The summed E-state index contributed by atoms with van der Waals surface area (Å²) in [6.45, 7) is 3.17. The number of aliphatic carboxylic acids is 1. The van der Waals surface area contributed by atoms with Crippen LogP contribution in [0.15, 0.2) is 5.38 Å². The Morgan fingerprint density at radius 1 is 1.59 bits per heavy atom. The zero-order chi connectivity index (χ0) is 13.1. The molecule has 0 aliphatic carbocycles. The molecule has 1 rings (SSSR count). The van der Waals surface area contributed by atoms with Crippen LogP contribution in [0.25, 0.3) is 0 Å². The van der Waals surface area contributed by atoms with Crippen LogP contribution in [0.1, 0.15) is 19.5 Å². The largest absolute Gasteiger partial charge is 0.481 e. The fraction of sp³-hybridized carbons (Fsp3) is 0.500. The zero-order valence-corrected chi connectivity index (χ0v) is 10.6. The van der Waals surface area contributed by atoms with Crippen LogP contribution in [-0.4, -0.2) is 35.7 Å². The van der Waals surface area contributed by atoms with Gasteiger partial charge in [0.2, 0.25) is 0 Å². The van der Waals surface area contributed by atoms with Gasteiger partial charge in [0, 0.05) is 5.38 Å². The lowest BCUT2D eigenvalue weighted by Gasteiger charge is -2.15. The summed E-state index contributed by atoms with van der Waals surface area (Å²) in [5.41, 5.74) is -0.579. The molecule has 0 atom stereocenters. The number of ether oxygens (including phenoxy) is 1. The number of esters is 1. The summed E-state index contributed by atoms with van der Waals surface area (Å²) < 4.78 is 4.47. The molecule has 0 aromatic carbocycles. The van der Waals surface area contributed by atoms with Gasteiger partial charge < -0.3 is 15.2 Å². The van der Waals surface area contributed by atoms with Crippen LogP contribution in [0.2, 0.25) is 0 Å². The Labute approximate surface area is 103 Å². The van der Waals surface area contributed by atoms with Gasteiger partial charge in [-0.25, -0.2) is 4.98 Å². The van der Waals surface area contributed by atoms with Gasteiger partial charge in [-0.2, -0.15) is 0 Å². The summed E-state index contributed by atoms with van der Waals surface area (Å²) in [4.78, 5) is 26.0. The Balaban J connectivity index is 2.72. The molecule has 0 aliphatic rings. The summed E-state index contributed by atoms with van der Waals surface area (Å²) in [5, 5.41) is 14.0. The lowest BCUT2D eigenvalue weighted by molar-refractivity contribution is -0.142. The van der Waals surface area contributed by atoms with Crippen molar-refractivity contribution in [1.82, 2.24) is 4.98 Å². The average molecular weight is 258 g/mol. The van der Waals surface area contributed by atoms with Crippen molar-refractivity contribution in [3.63, 3.8) is 0 Å². The monoisotopic (exact) mass is 258 g/mol. The molecule has 17 heavy (non-hydrogen) atoms. The molecular formula is C10H14N2O4S. The maximum atomic E-state index is 11.0. The van der Waals surface area contributed by atoms with Crippen LogP contribution in [0, 0.1) is 0 Å². The maximum Gasteiger partial charge on any atom is 0.325 e. The van der Waals surface area contributed by atoms with Crippen molar-refractivity contribution in [3.8, 4) is 0 Å². The first-order chi connectivity index (χ1) is 7.87. The Bertz CT molecular complexity index is 428. The third-order valence-electron chi connectivity index (χ3n) is 2.29. The summed E-state index contributed by atoms with van der Waals surface area (Å²) >= 11 is 1.25. The molecule has 0 spiro atoms. The fourth-order valence-corrected chi connectivity index (χ4v) is 1.85. The number of nitrogens with one attached hydrogen (secondary N) is 1. The number of rotatable bonds is 5. The molecule has 1 aromatic rings. The number of aromatic nitrogens is 1. The van der Waals surface area contributed by atoms with E-state index < -0.39 is 17.4 Å². The van der Waals surface area contributed by atoms with Gasteiger partial charge in [-0.05, 0) is 13.8 Å². The summed E-state index contributed by atoms with van der Waals surface area (Å²) in [7, 11) is 1.30. The molecule has 2 N–H and O–H groups in total. The van der Waals surface area contributed by atoms with E-state index in [1.165, 1.54) is 18.4 Å². The summed E-state index contributed by atoms with van der Waals surface area (Å²) in [5.74, 6) is -1.35. The Morgan fingerprint density at radius 3 is 2.76 bits per heavy atom. The standard InChI is InChI=1S/C10H14N2O4S/c1-10(2,8(14)15)6-5-17-9(12-6)11-4-7(13)16-3/h5H,4H2,1-3H3,(H,11,12)(H,14,15). The van der Waals surface area contributed by atoms with Gasteiger partial charge >= 0.3 is 11.9 Å². The minimum Gasteiger partial charge on any atom is -0.481 e. The first-order valence-corrected chi connectivity index (χ1v) is 5.76. The Hall–Kier alpha value is -1.63. The molecule has 0 bridgehead atoms. The van der Waals surface area contributed by atoms with Gasteiger partial charge in [0.15, 0.2) is 5.13 Å². The first-order valence-electron chi connectivity index (χ1n) is 4.88. The van der Waals surface area contributed by atoms with Crippen LogP contribution in [-0.2, 0) is 19.7 Å². The number of hydrogen-bond acceptors (Lipinski definition) is 6. The van der Waals surface area contributed by atoms with Crippen molar-refractivity contribution in [1.29, 1.82) is 0 Å². The van der Waals surface area contributed by atoms with Gasteiger partial charge in [0.05, 0.1) is 12.8 Å². The number of anilines is 1. The van der Waals surface area contributed by atoms with E-state index in [0.29, 0.717) is 10.8 Å². The smallest absolute Gasteiger partial charge is 0.325 e. The number of hydrogen-bond donors (Lipinski definition) is 2. The molecule has 1 aromatic heterocycles. The van der Waals surface area contributed by atoms with E-state index in [-0.39, 0.29) is 6.54 Å². The lowest BCUT2D eigenvalue weighted by atomic mass is 9.90. The van der Waals surface area contributed by atoms with E-state index in [9.17, 15) is 9.59 Å². The molecule has 0 unspecified atom stereocenters. The van der Waals surface area contributed by atoms with Gasteiger partial charge in [0.25, 0.3) is 0 Å². The van der Waals surface area contributed by atoms with Crippen LogP contribution in [0.4, 0.5) is 5.13 Å². The third-order valence-corrected chi connectivity index (χ3v) is 3.09. The van der Waals surface area contributed by atoms with Crippen LogP contribution < -0.4 is 5.32 Å². The minimum atomic E-state index is -1.04. The highest BCUT2D eigenvalue weighted by molar-refractivity contribution is 7.13. The molecule has 0 radical (unpaired) electrons. The molecular weight excluding hydrogens is 244 g/mol. The molecule has 0 amide bonds. The van der Waals surface area contributed by atoms with Crippen molar-refractivity contribution < 1.29 is 19.4 Å². The molecule has 0 saturated heterocycles. The average Bonchev–Trinajstić information content (AvgIpc) is 2.74. The molecule has 94 valence electrons. The van der Waals surface area contributed by atoms with E-state index in [0.717, 1.165) is 0 Å². The van der Waals surface area contributed by atoms with E-state index in [1.807, 2.05) is 0 Å². The van der Waals surface area contributed by atoms with Crippen LogP contribution in [0.3, 0.4) is 0 Å². The number of carbonyl (C=O) groups excluding carboxylic acids is 1. The minimum absolute atomic E-state index is 0.0109. The van der Waals surface area contributed by atoms with Gasteiger partial charge in [-0.1, -0.05) is 0 Å². The number of nitrogens with zero attached hydrogens (tertiary/aromatic N) is 1. The molecule has 6 nitrogen and oxygen atoms in total. The summed E-state index contributed by atoms with van der Waals surface area (Å²) in [6, 6.07) is 0. The third kappa shape index (κ3) is 3.16. The fourth-order valence-electron chi connectivity index (χ4n) is 0.972. The van der Waals surface area contributed by atoms with Gasteiger partial charge in [0.1, 0.15) is 12.0 Å². The van der Waals surface area contributed by atoms with Crippen molar-refractivity contribution in [2.24, 2.45) is 0 Å². The first kappa shape index (κ1) is 13.4. The van der Waals surface area contributed by atoms with Crippen LogP contribution >= 0.6 is 11.3 Å². The second-order valence-electron chi connectivity index (χ2n) is 3.90. The van der Waals surface area contributed by atoms with E-state index >= 15 is 0 Å². The topological polar surface area (TPSA) is 88.5 Å². The highest BCUT2D eigenvalue weighted by Crippen LogP contribution is 2.27. The quantitative estimate of drug-likeness (QED) is 0.769. The molecule has 1 heterocycles. The number of thiazole rings is 1. The second kappa shape index (κ2) is 5.13. The number of carbonyl (C=O) groups is 2. The maximum absolute atomic E-state index is 11.0. The van der Waals surface area contributed by atoms with Gasteiger partial charge in [-0.15, -0.1) is 11.3 Å². The highest BCUT2D eigenvalue weighted by Gasteiger charge is 2.32. The Morgan fingerprint density at radius 2 is 2.24 bits per heavy atom. The van der Waals surface area contributed by atoms with Crippen LogP contribution in [0.5, 0.6) is 0 Å². The summed E-state index contributed by atoms with van der Waals surface area (Å²) in [6.07, 6.45) is 0. The van der Waals surface area contributed by atoms with Crippen molar-refractivity contribution >= 4 is 28.4 Å². The number of methoxy groups -OCH3 is 1. The predicted molar refractivity (Wildman–Crippen MR) is 63.3 cm³/mol. The van der Waals surface area contributed by atoms with Crippen molar-refractivity contribution in [2.45, 2.75) is 19.3 Å². The zero-order valence-electron chi connectivity index (χ0n) is 9.81. The molecule has 0 saturated carbocycles. The van der Waals surface area contributed by atoms with Gasteiger partial charge in [-0.3, -0.25) is 9.59 Å². The second-order valence-corrected chi connectivity index (χ2v) is 4.76. The SMILES string of the molecule is COC(=O)CNc1nc(C(C)(C)C(=O)O)cs1. The Kier molecular flexibility index (Phi) is 4.06. The van der Waals surface area contributed by atoms with E-state index in [4.69, 9.17) is 5.11 Å². The molecule has 0 aliphatic heterocycles. The normalized spacial score (nSPS) is 11.0. The number of carboxylic acid groups (broad SMARTS) is 1. The lowest BCUT2D eigenvalue weighted by Crippen LogP contribution is -2.28. The van der Waals surface area contributed by atoms with E-state index in [1.54, 1.807) is 19.2 Å². The van der Waals surface area contributed by atoms with Crippen molar-refractivity contribution in [2.75, 3.05) is 19.0 Å². The molecule has 0 fully saturated rings. The highest BCUT2D eigenvalue weighted by atomic mass is 32.1. The predicted octanol–water partition coefficient (Wildman–Crippen LogP) is 1.09. The van der Waals surface area contributed by atoms with Crippen molar-refractivity contribution in [3.05, 3.63) is 11.1 Å². The number of carboxylic acids is 1.